The molecule has 2 saturated heterocycles. The summed E-state index contributed by atoms with van der Waals surface area (Å²) in [6.45, 7) is 3.68. The van der Waals surface area contributed by atoms with Crippen LogP contribution >= 0.6 is 11.8 Å². The summed E-state index contributed by atoms with van der Waals surface area (Å²) < 4.78 is 10.5. The molecule has 3 unspecified atom stereocenters. The second-order valence-electron chi connectivity index (χ2n) is 4.91. The number of hydrogen-bond acceptors (Lipinski definition) is 6. The molecular weight excluding hydrogens is 280 g/mol. The van der Waals surface area contributed by atoms with E-state index in [1.807, 2.05) is 7.05 Å². The van der Waals surface area contributed by atoms with Gasteiger partial charge in [0, 0.05) is 24.1 Å². The van der Waals surface area contributed by atoms with Crippen molar-refractivity contribution in [2.45, 2.75) is 19.0 Å². The average molecular weight is 302 g/mol. The monoisotopic (exact) mass is 302 g/mol. The molecule has 3 atom stereocenters. The van der Waals surface area contributed by atoms with Gasteiger partial charge in [0.05, 0.1) is 25.7 Å². The molecule has 2 fully saturated rings. The highest BCUT2D eigenvalue weighted by Crippen LogP contribution is 2.23. The van der Waals surface area contributed by atoms with E-state index < -0.39 is 6.04 Å². The Bertz CT molecular complexity index is 366. The van der Waals surface area contributed by atoms with E-state index in [2.05, 4.69) is 5.32 Å². The van der Waals surface area contributed by atoms with Gasteiger partial charge in [-0.05, 0) is 14.0 Å². The van der Waals surface area contributed by atoms with Gasteiger partial charge in [-0.1, -0.05) is 0 Å². The van der Waals surface area contributed by atoms with E-state index >= 15 is 0 Å². The summed E-state index contributed by atoms with van der Waals surface area (Å²) in [6, 6.07) is -0.431. The average Bonchev–Trinajstić information content (AvgIpc) is 2.95. The highest BCUT2D eigenvalue weighted by atomic mass is 32.2. The molecule has 114 valence electrons. The zero-order chi connectivity index (χ0) is 14.5. The Morgan fingerprint density at radius 1 is 1.45 bits per heavy atom. The second kappa shape index (κ2) is 7.28. The fourth-order valence-electron chi connectivity index (χ4n) is 2.60. The Balaban J connectivity index is 2.07. The number of esters is 1. The normalized spacial score (nSPS) is 30.3. The van der Waals surface area contributed by atoms with E-state index in [1.165, 1.54) is 0 Å². The molecule has 2 rings (SSSR count). The number of ether oxygens (including phenoxy) is 2. The zero-order valence-electron chi connectivity index (χ0n) is 12.0. The quantitative estimate of drug-likeness (QED) is 0.721. The van der Waals surface area contributed by atoms with Crippen LogP contribution in [0.5, 0.6) is 0 Å². The summed E-state index contributed by atoms with van der Waals surface area (Å²) in [6.07, 6.45) is 0. The van der Waals surface area contributed by atoms with Gasteiger partial charge in [-0.25, -0.2) is 4.79 Å². The molecule has 7 heteroatoms. The molecule has 0 aromatic rings. The molecule has 1 amide bonds. The Morgan fingerprint density at radius 3 is 2.95 bits per heavy atom. The summed E-state index contributed by atoms with van der Waals surface area (Å²) in [5.74, 6) is 0.968. The maximum Gasteiger partial charge on any atom is 0.329 e. The third-order valence-corrected chi connectivity index (χ3v) is 4.76. The van der Waals surface area contributed by atoms with Crippen LogP contribution < -0.4 is 5.32 Å². The molecule has 20 heavy (non-hydrogen) atoms. The molecule has 0 bridgehead atoms. The molecule has 0 aliphatic carbocycles. The van der Waals surface area contributed by atoms with Crippen molar-refractivity contribution in [1.82, 2.24) is 10.2 Å². The number of carbonyl (C=O) groups excluding carboxylic acids is 2. The topological polar surface area (TPSA) is 67.9 Å². The molecule has 0 radical (unpaired) electrons. The van der Waals surface area contributed by atoms with E-state index in [4.69, 9.17) is 9.47 Å². The number of nitrogens with zero attached hydrogens (tertiary/aromatic N) is 1. The van der Waals surface area contributed by atoms with Crippen molar-refractivity contribution in [3.63, 3.8) is 0 Å². The summed E-state index contributed by atoms with van der Waals surface area (Å²) in [4.78, 5) is 26.4. The maximum absolute atomic E-state index is 12.7. The van der Waals surface area contributed by atoms with Gasteiger partial charge in [0.25, 0.3) is 0 Å². The van der Waals surface area contributed by atoms with Crippen molar-refractivity contribution in [2.75, 3.05) is 44.9 Å². The first-order valence-corrected chi connectivity index (χ1v) is 8.14. The second-order valence-corrected chi connectivity index (χ2v) is 6.06. The van der Waals surface area contributed by atoms with Crippen LogP contribution in [0.15, 0.2) is 0 Å². The van der Waals surface area contributed by atoms with Crippen molar-refractivity contribution in [1.29, 1.82) is 0 Å². The van der Waals surface area contributed by atoms with Gasteiger partial charge in [-0.15, -0.1) is 0 Å². The molecule has 0 spiro atoms. The lowest BCUT2D eigenvalue weighted by atomic mass is 10.0. The van der Waals surface area contributed by atoms with Crippen molar-refractivity contribution >= 4 is 23.6 Å². The molecular formula is C13H22N2O4S. The van der Waals surface area contributed by atoms with Gasteiger partial charge >= 0.3 is 5.97 Å². The fraction of sp³-hybridized carbons (Fsp3) is 0.846. The third kappa shape index (κ3) is 3.27. The third-order valence-electron chi connectivity index (χ3n) is 3.74. The fourth-order valence-corrected chi connectivity index (χ4v) is 3.63. The molecule has 6 nitrogen and oxygen atoms in total. The first-order chi connectivity index (χ1) is 9.69. The largest absolute Gasteiger partial charge is 0.464 e. The van der Waals surface area contributed by atoms with Crippen LogP contribution in [0, 0.1) is 5.92 Å². The van der Waals surface area contributed by atoms with Crippen LogP contribution in [0.4, 0.5) is 0 Å². The van der Waals surface area contributed by atoms with E-state index in [9.17, 15) is 9.59 Å². The molecule has 2 aliphatic rings. The van der Waals surface area contributed by atoms with Crippen LogP contribution in [0.2, 0.25) is 0 Å². The Hall–Kier alpha value is -0.790. The van der Waals surface area contributed by atoms with Gasteiger partial charge in [-0.2, -0.15) is 11.8 Å². The Labute approximate surface area is 123 Å². The number of carbonyl (C=O) groups is 2. The lowest BCUT2D eigenvalue weighted by molar-refractivity contribution is -0.155. The molecule has 0 saturated carbocycles. The lowest BCUT2D eigenvalue weighted by Crippen LogP contribution is -2.55. The van der Waals surface area contributed by atoms with Gasteiger partial charge in [0.1, 0.15) is 6.04 Å². The highest BCUT2D eigenvalue weighted by Gasteiger charge is 2.41. The Morgan fingerprint density at radius 2 is 2.25 bits per heavy atom. The standard InChI is InChI=1S/C13H22N2O4S/c1-3-19-13(17)11-8-20-5-4-15(11)12(16)9-6-18-7-10(9)14-2/h9-11,14H,3-8H2,1-2H3. The highest BCUT2D eigenvalue weighted by molar-refractivity contribution is 7.99. The van der Waals surface area contributed by atoms with E-state index in [0.29, 0.717) is 32.1 Å². The number of thioether (sulfide) groups is 1. The molecule has 2 aliphatic heterocycles. The zero-order valence-corrected chi connectivity index (χ0v) is 12.8. The molecule has 0 aromatic carbocycles. The predicted molar refractivity (Wildman–Crippen MR) is 76.6 cm³/mol. The van der Waals surface area contributed by atoms with Crippen LogP contribution in [-0.4, -0.2) is 73.8 Å². The first-order valence-electron chi connectivity index (χ1n) is 6.98. The minimum atomic E-state index is -0.459. The van der Waals surface area contributed by atoms with Crippen LogP contribution in [-0.2, 0) is 19.1 Å². The predicted octanol–water partition coefficient (Wildman–Crippen LogP) is -0.272. The van der Waals surface area contributed by atoms with Gasteiger partial charge in [-0.3, -0.25) is 4.79 Å². The SMILES string of the molecule is CCOC(=O)C1CSCCN1C(=O)C1COCC1NC. The summed E-state index contributed by atoms with van der Waals surface area (Å²) in [5, 5.41) is 3.11. The van der Waals surface area contributed by atoms with E-state index in [-0.39, 0.29) is 23.8 Å². The van der Waals surface area contributed by atoms with Crippen molar-refractivity contribution in [2.24, 2.45) is 5.92 Å². The molecule has 2 heterocycles. The Kier molecular flexibility index (Phi) is 5.68. The molecule has 1 N–H and O–H groups in total. The lowest BCUT2D eigenvalue weighted by Gasteiger charge is -2.36. The molecule has 0 aromatic heterocycles. The maximum atomic E-state index is 12.7. The summed E-state index contributed by atoms with van der Waals surface area (Å²) >= 11 is 1.69. The minimum Gasteiger partial charge on any atom is -0.464 e. The van der Waals surface area contributed by atoms with Crippen molar-refractivity contribution in [3.05, 3.63) is 0 Å². The number of hydrogen-bond donors (Lipinski definition) is 1. The van der Waals surface area contributed by atoms with Crippen LogP contribution in [0.3, 0.4) is 0 Å². The first kappa shape index (κ1) is 15.6. The number of nitrogens with one attached hydrogen (secondary N) is 1. The van der Waals surface area contributed by atoms with Crippen LogP contribution in [0.1, 0.15) is 6.92 Å². The van der Waals surface area contributed by atoms with Gasteiger partial charge < -0.3 is 19.7 Å². The van der Waals surface area contributed by atoms with Crippen molar-refractivity contribution < 1.29 is 19.1 Å². The summed E-state index contributed by atoms with van der Waals surface area (Å²) in [7, 11) is 1.83. The summed E-state index contributed by atoms with van der Waals surface area (Å²) in [5.41, 5.74) is 0. The van der Waals surface area contributed by atoms with Gasteiger partial charge in [0.15, 0.2) is 0 Å². The van der Waals surface area contributed by atoms with Gasteiger partial charge in [0.2, 0.25) is 5.91 Å². The number of rotatable bonds is 4. The number of amides is 1. The van der Waals surface area contributed by atoms with Crippen molar-refractivity contribution in [3.8, 4) is 0 Å². The van der Waals surface area contributed by atoms with E-state index in [1.54, 1.807) is 23.6 Å². The smallest absolute Gasteiger partial charge is 0.329 e. The van der Waals surface area contributed by atoms with Crippen LogP contribution in [0.25, 0.3) is 0 Å². The minimum absolute atomic E-state index is 0.000188. The number of likely N-dealkylation sites (N-methyl/N-ethyl adjacent to an activating group) is 1. The van der Waals surface area contributed by atoms with E-state index in [0.717, 1.165) is 5.75 Å².